The van der Waals surface area contributed by atoms with E-state index >= 15 is 0 Å². The van der Waals surface area contributed by atoms with Crippen molar-refractivity contribution < 1.29 is 9.53 Å². The van der Waals surface area contributed by atoms with E-state index in [-0.39, 0.29) is 5.97 Å². The SMILES string of the molecule is Cc1c(C2CCNCC2)ccc2c1COC2=O. The zero-order valence-corrected chi connectivity index (χ0v) is 10.1. The smallest absolute Gasteiger partial charge is 0.338 e. The third-order valence-corrected chi connectivity index (χ3v) is 3.99. The lowest BCUT2D eigenvalue weighted by atomic mass is 9.85. The third kappa shape index (κ3) is 1.75. The Bertz CT molecular complexity index is 462. The Morgan fingerprint density at radius 1 is 1.29 bits per heavy atom. The van der Waals surface area contributed by atoms with E-state index in [2.05, 4.69) is 18.3 Å². The molecule has 0 aromatic heterocycles. The lowest BCUT2D eigenvalue weighted by Crippen LogP contribution is -2.27. The van der Waals surface area contributed by atoms with Crippen molar-refractivity contribution in [2.24, 2.45) is 0 Å². The van der Waals surface area contributed by atoms with Crippen LogP contribution in [0.1, 0.15) is 45.8 Å². The summed E-state index contributed by atoms with van der Waals surface area (Å²) in [5.74, 6) is 0.470. The van der Waals surface area contributed by atoms with Gasteiger partial charge in [0.25, 0.3) is 0 Å². The molecule has 1 aromatic rings. The molecule has 90 valence electrons. The van der Waals surface area contributed by atoms with Crippen LogP contribution < -0.4 is 5.32 Å². The van der Waals surface area contributed by atoms with Crippen LogP contribution in [-0.4, -0.2) is 19.1 Å². The van der Waals surface area contributed by atoms with Crippen molar-refractivity contribution >= 4 is 5.97 Å². The number of nitrogens with one attached hydrogen (secondary N) is 1. The fourth-order valence-corrected chi connectivity index (χ4v) is 2.94. The molecule has 0 bridgehead atoms. The molecule has 1 saturated heterocycles. The van der Waals surface area contributed by atoms with E-state index < -0.39 is 0 Å². The first-order valence-corrected chi connectivity index (χ1v) is 6.27. The number of hydrogen-bond acceptors (Lipinski definition) is 3. The van der Waals surface area contributed by atoms with Crippen LogP contribution in [0.3, 0.4) is 0 Å². The Morgan fingerprint density at radius 2 is 2.06 bits per heavy atom. The van der Waals surface area contributed by atoms with Gasteiger partial charge in [0.05, 0.1) is 5.56 Å². The molecule has 1 N–H and O–H groups in total. The molecule has 2 aliphatic rings. The van der Waals surface area contributed by atoms with E-state index in [1.165, 1.54) is 24.0 Å². The second kappa shape index (κ2) is 4.15. The van der Waals surface area contributed by atoms with Gasteiger partial charge in [-0.2, -0.15) is 0 Å². The first kappa shape index (κ1) is 10.8. The van der Waals surface area contributed by atoms with Crippen molar-refractivity contribution in [3.05, 3.63) is 34.4 Å². The fraction of sp³-hybridized carbons (Fsp3) is 0.500. The van der Waals surface area contributed by atoms with E-state index in [1.807, 2.05) is 6.07 Å². The summed E-state index contributed by atoms with van der Waals surface area (Å²) in [6.45, 7) is 4.77. The van der Waals surface area contributed by atoms with Crippen molar-refractivity contribution in [2.45, 2.75) is 32.3 Å². The largest absolute Gasteiger partial charge is 0.457 e. The number of esters is 1. The van der Waals surface area contributed by atoms with E-state index in [0.29, 0.717) is 12.5 Å². The summed E-state index contributed by atoms with van der Waals surface area (Å²) in [5.41, 5.74) is 4.54. The van der Waals surface area contributed by atoms with Crippen LogP contribution in [0.25, 0.3) is 0 Å². The number of hydrogen-bond donors (Lipinski definition) is 1. The zero-order chi connectivity index (χ0) is 11.8. The standard InChI is InChI=1S/C14H17NO2/c1-9-11(10-4-6-15-7-5-10)2-3-12-13(9)8-17-14(12)16/h2-3,10,15H,4-8H2,1H3. The van der Waals surface area contributed by atoms with Gasteiger partial charge in [-0.15, -0.1) is 0 Å². The van der Waals surface area contributed by atoms with E-state index in [4.69, 9.17) is 4.74 Å². The average molecular weight is 231 g/mol. The maximum atomic E-state index is 11.5. The predicted molar refractivity (Wildman–Crippen MR) is 65.1 cm³/mol. The second-order valence-electron chi connectivity index (χ2n) is 4.91. The molecule has 1 fully saturated rings. The molecule has 1 aromatic carbocycles. The Labute approximate surface area is 101 Å². The van der Waals surface area contributed by atoms with Crippen LogP contribution in [0.2, 0.25) is 0 Å². The first-order valence-electron chi connectivity index (χ1n) is 6.27. The van der Waals surface area contributed by atoms with Crippen molar-refractivity contribution in [2.75, 3.05) is 13.1 Å². The normalized spacial score (nSPS) is 20.2. The van der Waals surface area contributed by atoms with Gasteiger partial charge in [0.1, 0.15) is 6.61 Å². The molecule has 2 aliphatic heterocycles. The molecule has 0 spiro atoms. The number of rotatable bonds is 1. The molecule has 0 aliphatic carbocycles. The van der Waals surface area contributed by atoms with Gasteiger partial charge in [0.2, 0.25) is 0 Å². The maximum Gasteiger partial charge on any atom is 0.338 e. The Balaban J connectivity index is 1.99. The highest BCUT2D eigenvalue weighted by Gasteiger charge is 2.26. The van der Waals surface area contributed by atoms with Crippen LogP contribution >= 0.6 is 0 Å². The molecule has 3 nitrogen and oxygen atoms in total. The van der Waals surface area contributed by atoms with E-state index in [9.17, 15) is 4.79 Å². The number of benzene rings is 1. The summed E-state index contributed by atoms with van der Waals surface area (Å²) in [7, 11) is 0. The predicted octanol–water partition coefficient (Wildman–Crippen LogP) is 2.13. The van der Waals surface area contributed by atoms with Gasteiger partial charge in [-0.1, -0.05) is 6.07 Å². The maximum absolute atomic E-state index is 11.5. The lowest BCUT2D eigenvalue weighted by Gasteiger charge is -2.25. The lowest BCUT2D eigenvalue weighted by molar-refractivity contribution is 0.0535. The highest BCUT2D eigenvalue weighted by molar-refractivity contribution is 5.93. The molecule has 2 heterocycles. The number of cyclic esters (lactones) is 1. The van der Waals surface area contributed by atoms with Crippen LogP contribution in [0.5, 0.6) is 0 Å². The minimum absolute atomic E-state index is 0.167. The average Bonchev–Trinajstić information content (AvgIpc) is 2.74. The molecular formula is C14H17NO2. The summed E-state index contributed by atoms with van der Waals surface area (Å²) in [5, 5.41) is 3.38. The minimum Gasteiger partial charge on any atom is -0.457 e. The Kier molecular flexibility index (Phi) is 2.63. The van der Waals surface area contributed by atoms with Crippen molar-refractivity contribution in [1.82, 2.24) is 5.32 Å². The monoisotopic (exact) mass is 231 g/mol. The molecular weight excluding hydrogens is 214 g/mol. The Morgan fingerprint density at radius 3 is 2.82 bits per heavy atom. The molecule has 0 amide bonds. The first-order chi connectivity index (χ1) is 8.27. The number of carbonyl (C=O) groups excluding carboxylic acids is 1. The summed E-state index contributed by atoms with van der Waals surface area (Å²) < 4.78 is 5.10. The Hall–Kier alpha value is -1.35. The van der Waals surface area contributed by atoms with Crippen LogP contribution in [-0.2, 0) is 11.3 Å². The van der Waals surface area contributed by atoms with Gasteiger partial charge >= 0.3 is 5.97 Å². The minimum atomic E-state index is -0.167. The number of carbonyl (C=O) groups is 1. The molecule has 0 atom stereocenters. The van der Waals surface area contributed by atoms with Crippen molar-refractivity contribution in [3.63, 3.8) is 0 Å². The molecule has 3 rings (SSSR count). The third-order valence-electron chi connectivity index (χ3n) is 3.99. The van der Waals surface area contributed by atoms with Gasteiger partial charge in [0, 0.05) is 5.56 Å². The van der Waals surface area contributed by atoms with Gasteiger partial charge in [-0.05, 0) is 56.0 Å². The molecule has 0 radical (unpaired) electrons. The van der Waals surface area contributed by atoms with Crippen molar-refractivity contribution in [1.29, 1.82) is 0 Å². The number of fused-ring (bicyclic) bond motifs is 1. The van der Waals surface area contributed by atoms with Crippen LogP contribution in [0, 0.1) is 6.92 Å². The van der Waals surface area contributed by atoms with Crippen LogP contribution in [0.15, 0.2) is 12.1 Å². The van der Waals surface area contributed by atoms with Crippen molar-refractivity contribution in [3.8, 4) is 0 Å². The summed E-state index contributed by atoms with van der Waals surface area (Å²) >= 11 is 0. The zero-order valence-electron chi connectivity index (χ0n) is 10.1. The summed E-state index contributed by atoms with van der Waals surface area (Å²) in [4.78, 5) is 11.5. The van der Waals surface area contributed by atoms with E-state index in [1.54, 1.807) is 0 Å². The topological polar surface area (TPSA) is 38.3 Å². The molecule has 17 heavy (non-hydrogen) atoms. The van der Waals surface area contributed by atoms with Gasteiger partial charge in [-0.3, -0.25) is 0 Å². The second-order valence-corrected chi connectivity index (χ2v) is 4.91. The highest BCUT2D eigenvalue weighted by atomic mass is 16.5. The van der Waals surface area contributed by atoms with Crippen LogP contribution in [0.4, 0.5) is 0 Å². The van der Waals surface area contributed by atoms with Gasteiger partial charge < -0.3 is 10.1 Å². The van der Waals surface area contributed by atoms with Gasteiger partial charge in [-0.25, -0.2) is 4.79 Å². The van der Waals surface area contributed by atoms with Gasteiger partial charge in [0.15, 0.2) is 0 Å². The molecule has 0 saturated carbocycles. The summed E-state index contributed by atoms with van der Waals surface area (Å²) in [6, 6.07) is 4.06. The fourth-order valence-electron chi connectivity index (χ4n) is 2.94. The molecule has 3 heteroatoms. The number of piperidine rings is 1. The number of ether oxygens (including phenoxy) is 1. The highest BCUT2D eigenvalue weighted by Crippen LogP contribution is 2.33. The molecule has 0 unspecified atom stereocenters. The summed E-state index contributed by atoms with van der Waals surface area (Å²) in [6.07, 6.45) is 2.38. The van der Waals surface area contributed by atoms with E-state index in [0.717, 1.165) is 24.2 Å². The quantitative estimate of drug-likeness (QED) is 0.752.